The molecular weight excluding hydrogens is 180 g/mol. The van der Waals surface area contributed by atoms with E-state index in [4.69, 9.17) is 4.74 Å². The first-order valence-electron chi connectivity index (χ1n) is 4.74. The van der Waals surface area contributed by atoms with Gasteiger partial charge < -0.3 is 10.1 Å². The molecule has 0 unspecified atom stereocenters. The summed E-state index contributed by atoms with van der Waals surface area (Å²) in [6.07, 6.45) is 1.61. The molecule has 0 radical (unpaired) electrons. The third-order valence-electron chi connectivity index (χ3n) is 1.64. The Morgan fingerprint density at radius 2 is 2.36 bits per heavy atom. The van der Waals surface area contributed by atoms with Crippen LogP contribution in [0.3, 0.4) is 0 Å². The van der Waals surface area contributed by atoms with Gasteiger partial charge in [-0.25, -0.2) is 4.98 Å². The third kappa shape index (κ3) is 2.22. The Morgan fingerprint density at radius 3 is 3.14 bits per heavy atom. The normalized spacial score (nSPS) is 13.7. The van der Waals surface area contributed by atoms with Crippen molar-refractivity contribution in [2.45, 2.75) is 13.8 Å². The highest BCUT2D eigenvalue weighted by Gasteiger charge is 2.15. The Hall–Kier alpha value is -1.58. The van der Waals surface area contributed by atoms with Crippen LogP contribution in [0.4, 0.5) is 0 Å². The molecule has 1 amide bonds. The smallest absolute Gasteiger partial charge is 0.256 e. The maximum atomic E-state index is 11.3. The molecule has 0 saturated heterocycles. The minimum absolute atomic E-state index is 0. The van der Waals surface area contributed by atoms with Crippen LogP contribution in [0.25, 0.3) is 0 Å². The molecule has 0 aromatic carbocycles. The van der Waals surface area contributed by atoms with Gasteiger partial charge in [-0.15, -0.1) is 0 Å². The number of hydrogen-bond acceptors (Lipinski definition) is 3. The van der Waals surface area contributed by atoms with E-state index in [9.17, 15) is 4.79 Å². The summed E-state index contributed by atoms with van der Waals surface area (Å²) in [6, 6.07) is 3.41. The molecule has 1 N–H and O–H groups in total. The maximum Gasteiger partial charge on any atom is 0.256 e. The van der Waals surface area contributed by atoms with Gasteiger partial charge in [0.05, 0.1) is 6.54 Å². The summed E-state index contributed by atoms with van der Waals surface area (Å²) < 4.78 is 5.22. The molecular formula is C10H16N2O2. The Balaban J connectivity index is 0.000000617. The van der Waals surface area contributed by atoms with E-state index in [0.29, 0.717) is 24.6 Å². The van der Waals surface area contributed by atoms with Gasteiger partial charge in [-0.3, -0.25) is 4.79 Å². The lowest BCUT2D eigenvalue weighted by Crippen LogP contribution is -2.24. The fourth-order valence-electron chi connectivity index (χ4n) is 1.09. The number of fused-ring (bicyclic) bond motifs is 1. The maximum absolute atomic E-state index is 11.3. The van der Waals surface area contributed by atoms with Crippen LogP contribution >= 0.6 is 0 Å². The van der Waals surface area contributed by atoms with E-state index in [0.717, 1.165) is 0 Å². The highest BCUT2D eigenvalue weighted by Crippen LogP contribution is 2.15. The van der Waals surface area contributed by atoms with Crippen LogP contribution in [-0.4, -0.2) is 24.0 Å². The van der Waals surface area contributed by atoms with Gasteiger partial charge in [-0.05, 0) is 12.1 Å². The molecule has 2 heterocycles. The van der Waals surface area contributed by atoms with Gasteiger partial charge in [0.15, 0.2) is 0 Å². The van der Waals surface area contributed by atoms with Crippen molar-refractivity contribution in [3.05, 3.63) is 23.9 Å². The summed E-state index contributed by atoms with van der Waals surface area (Å²) in [7, 11) is 0. The second kappa shape index (κ2) is 5.21. The Morgan fingerprint density at radius 1 is 1.57 bits per heavy atom. The number of carbonyl (C=O) groups is 1. The molecule has 1 aromatic heterocycles. The van der Waals surface area contributed by atoms with Gasteiger partial charge in [0, 0.05) is 7.62 Å². The molecule has 4 heteroatoms. The Bertz CT molecular complexity index is 318. The summed E-state index contributed by atoms with van der Waals surface area (Å²) in [5, 5.41) is 2.70. The van der Waals surface area contributed by atoms with E-state index < -0.39 is 0 Å². The largest absolute Gasteiger partial charge is 0.475 e. The fourth-order valence-corrected chi connectivity index (χ4v) is 1.09. The highest BCUT2D eigenvalue weighted by molar-refractivity contribution is 5.96. The first-order valence-corrected chi connectivity index (χ1v) is 4.74. The summed E-state index contributed by atoms with van der Waals surface area (Å²) in [5.74, 6) is 0.308. The van der Waals surface area contributed by atoms with Crippen molar-refractivity contribution in [2.24, 2.45) is 0 Å². The lowest BCUT2D eigenvalue weighted by Gasteiger charge is -2.01. The van der Waals surface area contributed by atoms with Crippen molar-refractivity contribution in [3.8, 4) is 5.88 Å². The summed E-state index contributed by atoms with van der Waals surface area (Å²) in [4.78, 5) is 15.2. The minimum atomic E-state index is -0.115. The van der Waals surface area contributed by atoms with Gasteiger partial charge >= 0.3 is 0 Å². The molecule has 0 fully saturated rings. The second-order valence-electron chi connectivity index (χ2n) is 2.46. The van der Waals surface area contributed by atoms with Gasteiger partial charge in [0.2, 0.25) is 5.88 Å². The Kier molecular flexibility index (Phi) is 3.91. The van der Waals surface area contributed by atoms with Crippen molar-refractivity contribution in [3.63, 3.8) is 0 Å². The van der Waals surface area contributed by atoms with Crippen LogP contribution in [0.15, 0.2) is 18.3 Å². The number of hydrogen-bond donors (Lipinski definition) is 1. The highest BCUT2D eigenvalue weighted by atomic mass is 16.5. The summed E-state index contributed by atoms with van der Waals surface area (Å²) in [6.45, 7) is 5.02. The first-order chi connectivity index (χ1) is 6.88. The van der Waals surface area contributed by atoms with Crippen LogP contribution < -0.4 is 10.1 Å². The Labute approximate surface area is 84.8 Å². The SMILES string of the molecule is CC.O=C1NCCOc2ncccc21.[HH]. The number of nitrogens with zero attached hydrogens (tertiary/aromatic N) is 1. The van der Waals surface area contributed by atoms with E-state index in [2.05, 4.69) is 10.3 Å². The quantitative estimate of drug-likeness (QED) is 0.683. The van der Waals surface area contributed by atoms with E-state index >= 15 is 0 Å². The number of pyridine rings is 1. The van der Waals surface area contributed by atoms with Crippen molar-refractivity contribution in [2.75, 3.05) is 13.2 Å². The van der Waals surface area contributed by atoms with E-state index in [1.165, 1.54) is 0 Å². The zero-order valence-electron chi connectivity index (χ0n) is 8.41. The lowest BCUT2D eigenvalue weighted by molar-refractivity contribution is 0.0957. The standard InChI is InChI=1S/C8H8N2O2.C2H6.H2/c11-7-6-2-1-3-10-8(6)12-5-4-9-7;1-2;/h1-3H,4-5H2,(H,9,11);1-2H3;1H. The third-order valence-corrected chi connectivity index (χ3v) is 1.64. The average Bonchev–Trinajstić information content (AvgIpc) is 2.45. The molecule has 4 nitrogen and oxygen atoms in total. The van der Waals surface area contributed by atoms with E-state index in [-0.39, 0.29) is 7.33 Å². The molecule has 1 aromatic rings. The van der Waals surface area contributed by atoms with E-state index in [1.54, 1.807) is 18.3 Å². The number of rotatable bonds is 0. The second-order valence-corrected chi connectivity index (χ2v) is 2.46. The van der Waals surface area contributed by atoms with Crippen molar-refractivity contribution in [1.82, 2.24) is 10.3 Å². The van der Waals surface area contributed by atoms with Crippen LogP contribution in [0.5, 0.6) is 5.88 Å². The molecule has 1 aliphatic rings. The fraction of sp³-hybridized carbons (Fsp3) is 0.400. The van der Waals surface area contributed by atoms with Crippen LogP contribution in [-0.2, 0) is 0 Å². The molecule has 0 atom stereocenters. The molecule has 0 bridgehead atoms. The van der Waals surface area contributed by atoms with Gasteiger partial charge in [0.1, 0.15) is 12.2 Å². The minimum Gasteiger partial charge on any atom is -0.475 e. The zero-order chi connectivity index (χ0) is 10.4. The van der Waals surface area contributed by atoms with Crippen molar-refractivity contribution < 1.29 is 11.0 Å². The van der Waals surface area contributed by atoms with Crippen molar-refractivity contribution >= 4 is 5.91 Å². The van der Waals surface area contributed by atoms with Crippen LogP contribution in [0.2, 0.25) is 0 Å². The summed E-state index contributed by atoms with van der Waals surface area (Å²) >= 11 is 0. The summed E-state index contributed by atoms with van der Waals surface area (Å²) in [5.41, 5.74) is 0.509. The molecule has 0 aliphatic carbocycles. The number of carbonyl (C=O) groups excluding carboxylic acids is 1. The van der Waals surface area contributed by atoms with Crippen LogP contribution in [0.1, 0.15) is 25.6 Å². The predicted molar refractivity (Wildman–Crippen MR) is 55.5 cm³/mol. The number of ether oxygens (including phenoxy) is 1. The van der Waals surface area contributed by atoms with E-state index in [1.807, 2.05) is 13.8 Å². The molecule has 0 saturated carbocycles. The molecule has 2 rings (SSSR count). The number of nitrogens with one attached hydrogen (secondary N) is 1. The zero-order valence-corrected chi connectivity index (χ0v) is 8.41. The lowest BCUT2D eigenvalue weighted by atomic mass is 10.2. The molecule has 1 aliphatic heterocycles. The number of amides is 1. The van der Waals surface area contributed by atoms with Crippen LogP contribution in [0, 0.1) is 0 Å². The molecule has 78 valence electrons. The topological polar surface area (TPSA) is 51.2 Å². The number of aromatic nitrogens is 1. The molecule has 14 heavy (non-hydrogen) atoms. The predicted octanol–water partition coefficient (Wildman–Crippen LogP) is 1.48. The first kappa shape index (κ1) is 10.5. The van der Waals surface area contributed by atoms with Gasteiger partial charge in [-0.1, -0.05) is 13.8 Å². The van der Waals surface area contributed by atoms with Crippen molar-refractivity contribution in [1.29, 1.82) is 0 Å². The van der Waals surface area contributed by atoms with Gasteiger partial charge in [-0.2, -0.15) is 0 Å². The van der Waals surface area contributed by atoms with Gasteiger partial charge in [0.25, 0.3) is 5.91 Å². The monoisotopic (exact) mass is 196 g/mol. The average molecular weight is 196 g/mol. The molecule has 0 spiro atoms.